The Bertz CT molecular complexity index is 548. The van der Waals surface area contributed by atoms with E-state index in [-0.39, 0.29) is 5.78 Å². The summed E-state index contributed by atoms with van der Waals surface area (Å²) in [5, 5.41) is 0. The zero-order valence-electron chi connectivity index (χ0n) is 11.3. The lowest BCUT2D eigenvalue weighted by molar-refractivity contribution is -0.115. The first-order valence-electron chi connectivity index (χ1n) is 6.15. The van der Waals surface area contributed by atoms with Gasteiger partial charge in [0, 0.05) is 17.6 Å². The van der Waals surface area contributed by atoms with E-state index in [2.05, 4.69) is 6.58 Å². The van der Waals surface area contributed by atoms with Gasteiger partial charge in [0.05, 0.1) is 0 Å². The van der Waals surface area contributed by atoms with Crippen LogP contribution in [0.2, 0.25) is 0 Å². The molecule has 0 spiro atoms. The van der Waals surface area contributed by atoms with Gasteiger partial charge in [-0.15, -0.1) is 0 Å². The lowest BCUT2D eigenvalue weighted by Crippen LogP contribution is -2.09. The summed E-state index contributed by atoms with van der Waals surface area (Å²) in [7, 11) is 0. The molecule has 1 aromatic rings. The molecule has 0 aliphatic rings. The SMILES string of the molecule is C=C/C=C(C=O)\C(=C/C)C(=O)Cc1cccc(C)c1. The number of rotatable bonds is 6. The maximum atomic E-state index is 12.2. The fourth-order valence-electron chi connectivity index (χ4n) is 1.91. The smallest absolute Gasteiger partial charge is 0.167 e. The molecule has 1 rings (SSSR count). The van der Waals surface area contributed by atoms with Gasteiger partial charge in [0.1, 0.15) is 0 Å². The third-order valence-electron chi connectivity index (χ3n) is 2.77. The Morgan fingerprint density at radius 2 is 2.11 bits per heavy atom. The number of aldehydes is 1. The quantitative estimate of drug-likeness (QED) is 0.443. The highest BCUT2D eigenvalue weighted by Crippen LogP contribution is 2.14. The second-order valence-corrected chi connectivity index (χ2v) is 4.27. The van der Waals surface area contributed by atoms with Crippen LogP contribution in [0.3, 0.4) is 0 Å². The van der Waals surface area contributed by atoms with Crippen molar-refractivity contribution >= 4 is 12.1 Å². The maximum absolute atomic E-state index is 12.2. The summed E-state index contributed by atoms with van der Waals surface area (Å²) < 4.78 is 0. The second-order valence-electron chi connectivity index (χ2n) is 4.27. The van der Waals surface area contributed by atoms with Gasteiger partial charge in [0.25, 0.3) is 0 Å². The minimum Gasteiger partial charge on any atom is -0.298 e. The fourth-order valence-corrected chi connectivity index (χ4v) is 1.91. The number of ketones is 1. The van der Waals surface area contributed by atoms with E-state index >= 15 is 0 Å². The van der Waals surface area contributed by atoms with Gasteiger partial charge in [-0.25, -0.2) is 0 Å². The van der Waals surface area contributed by atoms with Crippen molar-refractivity contribution in [1.82, 2.24) is 0 Å². The van der Waals surface area contributed by atoms with Crippen LogP contribution >= 0.6 is 0 Å². The highest BCUT2D eigenvalue weighted by molar-refractivity contribution is 6.07. The molecule has 0 unspecified atom stereocenters. The molecule has 1 aromatic carbocycles. The van der Waals surface area contributed by atoms with Crippen LogP contribution < -0.4 is 0 Å². The van der Waals surface area contributed by atoms with Crippen molar-refractivity contribution in [1.29, 1.82) is 0 Å². The van der Waals surface area contributed by atoms with Crippen molar-refractivity contribution in [2.24, 2.45) is 0 Å². The van der Waals surface area contributed by atoms with Crippen LogP contribution in [0.15, 0.2) is 60.2 Å². The monoisotopic (exact) mass is 254 g/mol. The minimum atomic E-state index is -0.0618. The first-order valence-corrected chi connectivity index (χ1v) is 6.15. The summed E-state index contributed by atoms with van der Waals surface area (Å²) in [4.78, 5) is 23.2. The van der Waals surface area contributed by atoms with E-state index in [0.29, 0.717) is 23.9 Å². The lowest BCUT2D eigenvalue weighted by atomic mass is 9.96. The first kappa shape index (κ1) is 14.8. The molecular weight excluding hydrogens is 236 g/mol. The van der Waals surface area contributed by atoms with Gasteiger partial charge in [0.2, 0.25) is 0 Å². The number of hydrogen-bond donors (Lipinski definition) is 0. The maximum Gasteiger partial charge on any atom is 0.167 e. The highest BCUT2D eigenvalue weighted by atomic mass is 16.1. The summed E-state index contributed by atoms with van der Waals surface area (Å²) >= 11 is 0. The first-order chi connectivity index (χ1) is 9.12. The predicted octanol–water partition coefficient (Wildman–Crippen LogP) is 3.36. The van der Waals surface area contributed by atoms with E-state index < -0.39 is 0 Å². The van der Waals surface area contributed by atoms with Crippen LogP contribution in [0.5, 0.6) is 0 Å². The van der Waals surface area contributed by atoms with Gasteiger partial charge < -0.3 is 0 Å². The molecule has 0 saturated carbocycles. The Morgan fingerprint density at radius 3 is 2.63 bits per heavy atom. The fraction of sp³-hybridized carbons (Fsp3) is 0.176. The van der Waals surface area contributed by atoms with Crippen molar-refractivity contribution in [3.8, 4) is 0 Å². The van der Waals surface area contributed by atoms with E-state index in [1.54, 1.807) is 19.1 Å². The molecule has 0 aromatic heterocycles. The standard InChI is InChI=1S/C17H18O2/c1-4-7-15(12-18)16(5-2)17(19)11-14-9-6-8-13(3)10-14/h4-10,12H,1,11H2,2-3H3/b15-7-,16-5+. The van der Waals surface area contributed by atoms with Crippen molar-refractivity contribution in [2.45, 2.75) is 20.3 Å². The molecule has 0 aliphatic carbocycles. The van der Waals surface area contributed by atoms with Crippen molar-refractivity contribution < 1.29 is 9.59 Å². The zero-order valence-corrected chi connectivity index (χ0v) is 11.3. The summed E-state index contributed by atoms with van der Waals surface area (Å²) in [6.07, 6.45) is 5.71. The Hall–Kier alpha value is -2.22. The number of allylic oxidation sites excluding steroid dienone is 5. The number of Topliss-reactive ketones (excluding diaryl/α,β-unsaturated/α-hetero) is 1. The Labute approximate surface area is 114 Å². The number of hydrogen-bond acceptors (Lipinski definition) is 2. The molecule has 2 heteroatoms. The van der Waals surface area contributed by atoms with Crippen molar-refractivity contribution in [3.63, 3.8) is 0 Å². The molecule has 98 valence electrons. The number of benzene rings is 1. The normalized spacial score (nSPS) is 12.1. The third kappa shape index (κ3) is 4.18. The number of carbonyl (C=O) groups is 2. The van der Waals surface area contributed by atoms with Crippen molar-refractivity contribution in [3.05, 3.63) is 71.3 Å². The molecule has 0 N–H and O–H groups in total. The van der Waals surface area contributed by atoms with Crippen LogP contribution in [0.1, 0.15) is 18.1 Å². The average Bonchev–Trinajstić information content (AvgIpc) is 2.38. The van der Waals surface area contributed by atoms with Crippen LogP contribution in [-0.2, 0) is 16.0 Å². The van der Waals surface area contributed by atoms with Gasteiger partial charge in [0.15, 0.2) is 12.1 Å². The van der Waals surface area contributed by atoms with E-state index in [1.165, 1.54) is 6.08 Å². The molecule has 19 heavy (non-hydrogen) atoms. The summed E-state index contributed by atoms with van der Waals surface area (Å²) in [6.45, 7) is 7.29. The Balaban J connectivity index is 2.95. The van der Waals surface area contributed by atoms with E-state index in [0.717, 1.165) is 11.1 Å². The van der Waals surface area contributed by atoms with Crippen LogP contribution in [0.4, 0.5) is 0 Å². The van der Waals surface area contributed by atoms with E-state index in [9.17, 15) is 9.59 Å². The number of aryl methyl sites for hydroxylation is 1. The average molecular weight is 254 g/mol. The molecular formula is C17H18O2. The summed E-state index contributed by atoms with van der Waals surface area (Å²) in [6, 6.07) is 7.80. The minimum absolute atomic E-state index is 0.0618. The summed E-state index contributed by atoms with van der Waals surface area (Å²) in [5.74, 6) is -0.0618. The van der Waals surface area contributed by atoms with Crippen LogP contribution in [-0.4, -0.2) is 12.1 Å². The number of carbonyl (C=O) groups excluding carboxylic acids is 2. The molecule has 0 aliphatic heterocycles. The van der Waals surface area contributed by atoms with Gasteiger partial charge in [-0.05, 0) is 19.4 Å². The zero-order chi connectivity index (χ0) is 14.3. The second kappa shape index (κ2) is 7.27. The Kier molecular flexibility index (Phi) is 5.68. The third-order valence-corrected chi connectivity index (χ3v) is 2.77. The molecule has 0 bridgehead atoms. The highest BCUT2D eigenvalue weighted by Gasteiger charge is 2.13. The van der Waals surface area contributed by atoms with Gasteiger partial charge in [-0.3, -0.25) is 9.59 Å². The molecule has 0 fully saturated rings. The largest absolute Gasteiger partial charge is 0.298 e. The van der Waals surface area contributed by atoms with Crippen LogP contribution in [0, 0.1) is 6.92 Å². The molecule has 2 nitrogen and oxygen atoms in total. The van der Waals surface area contributed by atoms with Crippen molar-refractivity contribution in [2.75, 3.05) is 0 Å². The predicted molar refractivity (Wildman–Crippen MR) is 78.0 cm³/mol. The lowest BCUT2D eigenvalue weighted by Gasteiger charge is -2.06. The molecule has 0 saturated heterocycles. The molecule has 0 heterocycles. The topological polar surface area (TPSA) is 34.1 Å². The van der Waals surface area contributed by atoms with E-state index in [4.69, 9.17) is 0 Å². The van der Waals surface area contributed by atoms with E-state index in [1.807, 2.05) is 31.2 Å². The molecule has 0 amide bonds. The summed E-state index contributed by atoms with van der Waals surface area (Å²) in [5.41, 5.74) is 2.88. The molecule has 0 atom stereocenters. The van der Waals surface area contributed by atoms with Crippen LogP contribution in [0.25, 0.3) is 0 Å². The van der Waals surface area contributed by atoms with Gasteiger partial charge >= 0.3 is 0 Å². The molecule has 0 radical (unpaired) electrons. The van der Waals surface area contributed by atoms with Gasteiger partial charge in [-0.1, -0.05) is 54.6 Å². The van der Waals surface area contributed by atoms with Gasteiger partial charge in [-0.2, -0.15) is 0 Å². The Morgan fingerprint density at radius 1 is 1.37 bits per heavy atom.